The van der Waals surface area contributed by atoms with E-state index in [1.54, 1.807) is 30.3 Å². The van der Waals surface area contributed by atoms with Gasteiger partial charge in [0.25, 0.3) is 0 Å². The summed E-state index contributed by atoms with van der Waals surface area (Å²) >= 11 is 0. The standard InChI is InChI=1S/C16H17NO4S/c1-21-15-6-4-3-5-14(15)17-16(18)11-12-7-9-13(10-8-12)22(2,19)20/h3-10H,11H2,1-2H3,(H,17,18). The number of ether oxygens (including phenoxy) is 1. The number of para-hydroxylation sites is 2. The molecule has 0 fully saturated rings. The summed E-state index contributed by atoms with van der Waals surface area (Å²) in [5, 5.41) is 2.77. The normalized spacial score (nSPS) is 11.0. The fourth-order valence-electron chi connectivity index (χ4n) is 1.98. The highest BCUT2D eigenvalue weighted by Gasteiger charge is 2.10. The zero-order chi connectivity index (χ0) is 16.2. The van der Waals surface area contributed by atoms with Crippen LogP contribution in [-0.4, -0.2) is 27.7 Å². The monoisotopic (exact) mass is 319 g/mol. The average molecular weight is 319 g/mol. The summed E-state index contributed by atoms with van der Waals surface area (Å²) in [6.45, 7) is 0. The minimum Gasteiger partial charge on any atom is -0.495 e. The summed E-state index contributed by atoms with van der Waals surface area (Å²) in [7, 11) is -1.69. The van der Waals surface area contributed by atoms with Crippen LogP contribution in [-0.2, 0) is 21.1 Å². The molecule has 1 amide bonds. The van der Waals surface area contributed by atoms with E-state index in [1.807, 2.05) is 6.07 Å². The maximum absolute atomic E-state index is 12.0. The number of hydrogen-bond acceptors (Lipinski definition) is 4. The van der Waals surface area contributed by atoms with Crippen molar-refractivity contribution in [1.82, 2.24) is 0 Å². The van der Waals surface area contributed by atoms with Gasteiger partial charge in [0, 0.05) is 6.26 Å². The predicted molar refractivity (Wildman–Crippen MR) is 84.9 cm³/mol. The van der Waals surface area contributed by atoms with Crippen LogP contribution in [0.3, 0.4) is 0 Å². The van der Waals surface area contributed by atoms with E-state index in [1.165, 1.54) is 19.2 Å². The molecule has 2 aromatic carbocycles. The van der Waals surface area contributed by atoms with E-state index in [2.05, 4.69) is 5.32 Å². The van der Waals surface area contributed by atoms with Crippen LogP contribution in [0.2, 0.25) is 0 Å². The number of methoxy groups -OCH3 is 1. The number of anilines is 1. The van der Waals surface area contributed by atoms with Gasteiger partial charge in [0.2, 0.25) is 5.91 Å². The fraction of sp³-hybridized carbons (Fsp3) is 0.188. The maximum Gasteiger partial charge on any atom is 0.228 e. The van der Waals surface area contributed by atoms with E-state index >= 15 is 0 Å². The Labute approximate surface area is 129 Å². The van der Waals surface area contributed by atoms with Crippen LogP contribution in [0.1, 0.15) is 5.56 Å². The van der Waals surface area contributed by atoms with E-state index in [-0.39, 0.29) is 17.2 Å². The van der Waals surface area contributed by atoms with Gasteiger partial charge < -0.3 is 10.1 Å². The Morgan fingerprint density at radius 2 is 1.73 bits per heavy atom. The molecule has 0 bridgehead atoms. The Balaban J connectivity index is 2.06. The molecule has 0 radical (unpaired) electrons. The molecule has 0 aliphatic rings. The molecule has 0 saturated heterocycles. The molecule has 0 heterocycles. The van der Waals surface area contributed by atoms with Gasteiger partial charge in [-0.15, -0.1) is 0 Å². The molecule has 0 aliphatic heterocycles. The van der Waals surface area contributed by atoms with Gasteiger partial charge in [-0.05, 0) is 29.8 Å². The summed E-state index contributed by atoms with van der Waals surface area (Å²) in [5.41, 5.74) is 1.34. The zero-order valence-corrected chi connectivity index (χ0v) is 13.2. The quantitative estimate of drug-likeness (QED) is 0.917. The van der Waals surface area contributed by atoms with Gasteiger partial charge in [-0.3, -0.25) is 4.79 Å². The molecule has 116 valence electrons. The van der Waals surface area contributed by atoms with E-state index in [0.29, 0.717) is 11.4 Å². The molecular formula is C16H17NO4S. The molecule has 22 heavy (non-hydrogen) atoms. The lowest BCUT2D eigenvalue weighted by Crippen LogP contribution is -2.15. The Morgan fingerprint density at radius 1 is 1.09 bits per heavy atom. The lowest BCUT2D eigenvalue weighted by atomic mass is 10.1. The van der Waals surface area contributed by atoms with Crippen LogP contribution in [0.4, 0.5) is 5.69 Å². The van der Waals surface area contributed by atoms with Gasteiger partial charge in [-0.25, -0.2) is 8.42 Å². The third-order valence-electron chi connectivity index (χ3n) is 3.10. The molecular weight excluding hydrogens is 302 g/mol. The van der Waals surface area contributed by atoms with Crippen LogP contribution < -0.4 is 10.1 Å². The van der Waals surface area contributed by atoms with Crippen molar-refractivity contribution in [3.63, 3.8) is 0 Å². The van der Waals surface area contributed by atoms with Crippen molar-refractivity contribution in [1.29, 1.82) is 0 Å². The Hall–Kier alpha value is -2.34. The Bertz CT molecular complexity index is 767. The van der Waals surface area contributed by atoms with Gasteiger partial charge in [0.05, 0.1) is 24.1 Å². The lowest BCUT2D eigenvalue weighted by molar-refractivity contribution is -0.115. The number of benzene rings is 2. The molecule has 2 aromatic rings. The number of sulfone groups is 1. The molecule has 5 nitrogen and oxygen atoms in total. The minimum absolute atomic E-state index is 0.155. The van der Waals surface area contributed by atoms with Gasteiger partial charge in [0.1, 0.15) is 5.75 Å². The molecule has 0 aliphatic carbocycles. The highest BCUT2D eigenvalue weighted by atomic mass is 32.2. The van der Waals surface area contributed by atoms with Crippen LogP contribution in [0, 0.1) is 0 Å². The smallest absolute Gasteiger partial charge is 0.228 e. The van der Waals surface area contributed by atoms with Crippen LogP contribution in [0.15, 0.2) is 53.4 Å². The number of amides is 1. The van der Waals surface area contributed by atoms with Gasteiger partial charge in [-0.2, -0.15) is 0 Å². The number of carbonyl (C=O) groups is 1. The number of nitrogens with one attached hydrogen (secondary N) is 1. The van der Waals surface area contributed by atoms with Crippen molar-refractivity contribution in [2.45, 2.75) is 11.3 Å². The minimum atomic E-state index is -3.22. The zero-order valence-electron chi connectivity index (χ0n) is 12.4. The van der Waals surface area contributed by atoms with Crippen molar-refractivity contribution >= 4 is 21.4 Å². The van der Waals surface area contributed by atoms with Crippen molar-refractivity contribution < 1.29 is 17.9 Å². The fourth-order valence-corrected chi connectivity index (χ4v) is 2.61. The maximum atomic E-state index is 12.0. The Kier molecular flexibility index (Phi) is 4.82. The third-order valence-corrected chi connectivity index (χ3v) is 4.23. The van der Waals surface area contributed by atoms with E-state index < -0.39 is 9.84 Å². The lowest BCUT2D eigenvalue weighted by Gasteiger charge is -2.10. The van der Waals surface area contributed by atoms with Gasteiger partial charge in [0.15, 0.2) is 9.84 Å². The van der Waals surface area contributed by atoms with Gasteiger partial charge in [-0.1, -0.05) is 24.3 Å². The molecule has 0 saturated carbocycles. The molecule has 6 heteroatoms. The third kappa shape index (κ3) is 4.08. The largest absolute Gasteiger partial charge is 0.495 e. The molecule has 1 N–H and O–H groups in total. The Morgan fingerprint density at radius 3 is 2.32 bits per heavy atom. The van der Waals surface area contributed by atoms with E-state index in [0.717, 1.165) is 11.8 Å². The summed E-state index contributed by atoms with van der Waals surface area (Å²) in [4.78, 5) is 12.3. The van der Waals surface area contributed by atoms with Crippen molar-refractivity contribution in [3.8, 4) is 5.75 Å². The highest BCUT2D eigenvalue weighted by Crippen LogP contribution is 2.23. The summed E-state index contributed by atoms with van der Waals surface area (Å²) in [6.07, 6.45) is 1.30. The second-order valence-corrected chi connectivity index (χ2v) is 6.86. The molecule has 0 aromatic heterocycles. The predicted octanol–water partition coefficient (Wildman–Crippen LogP) is 2.28. The number of hydrogen-bond donors (Lipinski definition) is 1. The van der Waals surface area contributed by atoms with Crippen molar-refractivity contribution in [3.05, 3.63) is 54.1 Å². The average Bonchev–Trinajstić information content (AvgIpc) is 2.47. The van der Waals surface area contributed by atoms with Crippen LogP contribution >= 0.6 is 0 Å². The van der Waals surface area contributed by atoms with Crippen LogP contribution in [0.25, 0.3) is 0 Å². The summed E-state index contributed by atoms with van der Waals surface area (Å²) in [6, 6.07) is 13.4. The SMILES string of the molecule is COc1ccccc1NC(=O)Cc1ccc(S(C)(=O)=O)cc1. The van der Waals surface area contributed by atoms with Crippen LogP contribution in [0.5, 0.6) is 5.75 Å². The second kappa shape index (κ2) is 6.62. The first-order chi connectivity index (χ1) is 10.4. The van der Waals surface area contributed by atoms with E-state index in [9.17, 15) is 13.2 Å². The molecule has 0 unspecified atom stereocenters. The molecule has 0 atom stereocenters. The summed E-state index contributed by atoms with van der Waals surface area (Å²) in [5.74, 6) is 0.389. The van der Waals surface area contributed by atoms with Crippen molar-refractivity contribution in [2.24, 2.45) is 0 Å². The first-order valence-electron chi connectivity index (χ1n) is 6.62. The molecule has 2 rings (SSSR count). The number of rotatable bonds is 5. The first-order valence-corrected chi connectivity index (χ1v) is 8.51. The molecule has 0 spiro atoms. The van der Waals surface area contributed by atoms with Crippen molar-refractivity contribution in [2.75, 3.05) is 18.7 Å². The topological polar surface area (TPSA) is 72.5 Å². The highest BCUT2D eigenvalue weighted by molar-refractivity contribution is 7.90. The first kappa shape index (κ1) is 16.0. The second-order valence-electron chi connectivity index (χ2n) is 4.84. The summed E-state index contributed by atoms with van der Waals surface area (Å²) < 4.78 is 27.9. The van der Waals surface area contributed by atoms with Gasteiger partial charge >= 0.3 is 0 Å². The van der Waals surface area contributed by atoms with E-state index in [4.69, 9.17) is 4.74 Å². The number of carbonyl (C=O) groups excluding carboxylic acids is 1.